The highest BCUT2D eigenvalue weighted by molar-refractivity contribution is 5.79. The smallest absolute Gasteiger partial charge is 0.392 e. The fourth-order valence-electron chi connectivity index (χ4n) is 4.25. The van der Waals surface area contributed by atoms with Crippen molar-refractivity contribution < 1.29 is 18.3 Å². The van der Waals surface area contributed by atoms with Gasteiger partial charge in [-0.1, -0.05) is 19.8 Å². The van der Waals surface area contributed by atoms with Gasteiger partial charge in [-0.15, -0.1) is 0 Å². The molecule has 2 rings (SSSR count). The van der Waals surface area contributed by atoms with Gasteiger partial charge in [0, 0.05) is 18.5 Å². The van der Waals surface area contributed by atoms with Crippen molar-refractivity contribution in [3.63, 3.8) is 0 Å². The number of piperidine rings is 1. The first-order valence-corrected chi connectivity index (χ1v) is 10.7. The second-order valence-corrected chi connectivity index (χ2v) is 8.66. The van der Waals surface area contributed by atoms with Gasteiger partial charge in [0.1, 0.15) is 0 Å². The number of halogens is 3. The van der Waals surface area contributed by atoms with Crippen molar-refractivity contribution in [3.05, 3.63) is 0 Å². The van der Waals surface area contributed by atoms with Crippen LogP contribution in [0.15, 0.2) is 4.99 Å². The zero-order valence-corrected chi connectivity index (χ0v) is 17.3. The second kappa shape index (κ2) is 10.7. The molecule has 0 amide bonds. The normalized spacial score (nSPS) is 28.4. The number of nitrogens with one attached hydrogen (secondary N) is 2. The summed E-state index contributed by atoms with van der Waals surface area (Å²) in [5.74, 6) is 1.22. The Morgan fingerprint density at radius 2 is 1.89 bits per heavy atom. The van der Waals surface area contributed by atoms with Crippen LogP contribution < -0.4 is 10.6 Å². The van der Waals surface area contributed by atoms with Crippen molar-refractivity contribution in [1.82, 2.24) is 15.5 Å². The molecule has 2 atom stereocenters. The fourth-order valence-corrected chi connectivity index (χ4v) is 4.25. The first-order valence-electron chi connectivity index (χ1n) is 10.7. The molecule has 0 aromatic carbocycles. The summed E-state index contributed by atoms with van der Waals surface area (Å²) in [6.07, 6.45) is 2.23. The largest absolute Gasteiger partial charge is 0.401 e. The van der Waals surface area contributed by atoms with E-state index in [0.717, 1.165) is 64.0 Å². The SMILES string of the molecule is CCNC(=NCC1(C)CCCCC1O)NCCC1CCN(CC(F)(F)F)CC1. The molecule has 0 spiro atoms. The molecule has 2 fully saturated rings. The molecule has 8 heteroatoms. The van der Waals surface area contributed by atoms with Crippen LogP contribution in [0.1, 0.15) is 58.8 Å². The molecule has 0 aromatic heterocycles. The number of likely N-dealkylation sites (tertiary alicyclic amines) is 1. The third kappa shape index (κ3) is 7.78. The summed E-state index contributed by atoms with van der Waals surface area (Å²) in [6, 6.07) is 0. The molecule has 1 aliphatic carbocycles. The fraction of sp³-hybridized carbons (Fsp3) is 0.950. The Hall–Kier alpha value is -1.02. The molecule has 2 aliphatic rings. The Bertz CT molecular complexity index is 492. The molecule has 3 N–H and O–H groups in total. The van der Waals surface area contributed by atoms with Gasteiger partial charge in [-0.2, -0.15) is 13.2 Å². The zero-order valence-electron chi connectivity index (χ0n) is 17.3. The van der Waals surface area contributed by atoms with E-state index in [0.29, 0.717) is 25.6 Å². The summed E-state index contributed by atoms with van der Waals surface area (Å²) < 4.78 is 37.4. The van der Waals surface area contributed by atoms with Gasteiger partial charge in [0.05, 0.1) is 19.2 Å². The van der Waals surface area contributed by atoms with Gasteiger partial charge >= 0.3 is 6.18 Å². The van der Waals surface area contributed by atoms with Crippen LogP contribution in [-0.2, 0) is 0 Å². The lowest BCUT2D eigenvalue weighted by atomic mass is 9.73. The number of aliphatic hydroxyl groups is 1. The number of nitrogens with zero attached hydrogens (tertiary/aromatic N) is 2. The van der Waals surface area contributed by atoms with E-state index in [4.69, 9.17) is 4.99 Å². The topological polar surface area (TPSA) is 59.9 Å². The summed E-state index contributed by atoms with van der Waals surface area (Å²) in [5, 5.41) is 16.9. The predicted molar refractivity (Wildman–Crippen MR) is 106 cm³/mol. The third-order valence-electron chi connectivity index (χ3n) is 6.18. The van der Waals surface area contributed by atoms with Crippen molar-refractivity contribution in [1.29, 1.82) is 0 Å². The van der Waals surface area contributed by atoms with E-state index < -0.39 is 12.7 Å². The lowest BCUT2D eigenvalue weighted by Crippen LogP contribution is -2.43. The van der Waals surface area contributed by atoms with Gasteiger partial charge in [-0.05, 0) is 58.0 Å². The maximum atomic E-state index is 12.5. The summed E-state index contributed by atoms with van der Waals surface area (Å²) in [6.45, 7) is 6.50. The molecule has 1 aliphatic heterocycles. The molecule has 0 bridgehead atoms. The van der Waals surface area contributed by atoms with Crippen molar-refractivity contribution >= 4 is 5.96 Å². The average Bonchev–Trinajstić information content (AvgIpc) is 2.63. The Labute approximate surface area is 167 Å². The van der Waals surface area contributed by atoms with E-state index in [9.17, 15) is 18.3 Å². The summed E-state index contributed by atoms with van der Waals surface area (Å²) in [5.41, 5.74) is -0.161. The first kappa shape index (κ1) is 23.3. The minimum Gasteiger partial charge on any atom is -0.392 e. The molecule has 28 heavy (non-hydrogen) atoms. The molecule has 1 heterocycles. The molecule has 164 valence electrons. The van der Waals surface area contributed by atoms with Crippen LogP contribution in [0.5, 0.6) is 0 Å². The summed E-state index contributed by atoms with van der Waals surface area (Å²) >= 11 is 0. The summed E-state index contributed by atoms with van der Waals surface area (Å²) in [4.78, 5) is 6.20. The lowest BCUT2D eigenvalue weighted by Gasteiger charge is -2.37. The van der Waals surface area contributed by atoms with E-state index in [1.165, 1.54) is 4.90 Å². The van der Waals surface area contributed by atoms with Crippen molar-refractivity contribution in [3.8, 4) is 0 Å². The minimum atomic E-state index is -4.10. The van der Waals surface area contributed by atoms with Gasteiger partial charge < -0.3 is 15.7 Å². The van der Waals surface area contributed by atoms with Crippen LogP contribution in [-0.4, -0.2) is 67.5 Å². The van der Waals surface area contributed by atoms with Gasteiger partial charge in [-0.25, -0.2) is 0 Å². The van der Waals surface area contributed by atoms with Crippen LogP contribution in [0.3, 0.4) is 0 Å². The number of alkyl halides is 3. The van der Waals surface area contributed by atoms with E-state index in [1.54, 1.807) is 0 Å². The van der Waals surface area contributed by atoms with Crippen molar-refractivity contribution in [2.75, 3.05) is 39.3 Å². The molecule has 1 saturated heterocycles. The highest BCUT2D eigenvalue weighted by Crippen LogP contribution is 2.36. The van der Waals surface area contributed by atoms with Crippen molar-refractivity contribution in [2.24, 2.45) is 16.3 Å². The Kier molecular flexibility index (Phi) is 8.86. The molecule has 2 unspecified atom stereocenters. The standard InChI is InChI=1S/C20H37F3N4O/c1-3-24-18(26-14-19(2)10-5-4-6-17(19)28)25-11-7-16-8-12-27(13-9-16)15-20(21,22)23/h16-17,28H,3-15H2,1-2H3,(H2,24,25,26). The molecule has 5 nitrogen and oxygen atoms in total. The number of aliphatic hydroxyl groups excluding tert-OH is 1. The molecule has 0 radical (unpaired) electrons. The second-order valence-electron chi connectivity index (χ2n) is 8.66. The monoisotopic (exact) mass is 406 g/mol. The van der Waals surface area contributed by atoms with Gasteiger partial charge in [0.25, 0.3) is 0 Å². The van der Waals surface area contributed by atoms with E-state index >= 15 is 0 Å². The number of hydrogen-bond donors (Lipinski definition) is 3. The van der Waals surface area contributed by atoms with Crippen LogP contribution in [0, 0.1) is 11.3 Å². The highest BCUT2D eigenvalue weighted by atomic mass is 19.4. The lowest BCUT2D eigenvalue weighted by molar-refractivity contribution is -0.148. The Balaban J connectivity index is 1.73. The molecular weight excluding hydrogens is 369 g/mol. The minimum absolute atomic E-state index is 0.161. The van der Waals surface area contributed by atoms with Crippen molar-refractivity contribution in [2.45, 2.75) is 71.1 Å². The zero-order chi connectivity index (χ0) is 20.6. The highest BCUT2D eigenvalue weighted by Gasteiger charge is 2.35. The molecular formula is C20H37F3N4O. The van der Waals surface area contributed by atoms with Gasteiger partial charge in [-0.3, -0.25) is 9.89 Å². The number of rotatable bonds is 7. The number of aliphatic imine (C=N–C) groups is 1. The first-order chi connectivity index (χ1) is 13.2. The van der Waals surface area contributed by atoms with Gasteiger partial charge in [0.15, 0.2) is 5.96 Å². The maximum Gasteiger partial charge on any atom is 0.401 e. The number of guanidine groups is 1. The Morgan fingerprint density at radius 3 is 2.50 bits per heavy atom. The van der Waals surface area contributed by atoms with E-state index in [-0.39, 0.29) is 11.5 Å². The quantitative estimate of drug-likeness (QED) is 0.449. The number of hydrogen-bond acceptors (Lipinski definition) is 3. The molecule has 0 aromatic rings. The molecule has 1 saturated carbocycles. The van der Waals surface area contributed by atoms with Gasteiger partial charge in [0.2, 0.25) is 0 Å². The average molecular weight is 407 g/mol. The Morgan fingerprint density at radius 1 is 1.18 bits per heavy atom. The van der Waals surface area contributed by atoms with Crippen LogP contribution in [0.4, 0.5) is 13.2 Å². The van der Waals surface area contributed by atoms with Crippen LogP contribution in [0.25, 0.3) is 0 Å². The maximum absolute atomic E-state index is 12.5. The predicted octanol–water partition coefficient (Wildman–Crippen LogP) is 3.15. The van der Waals surface area contributed by atoms with Crippen LogP contribution in [0.2, 0.25) is 0 Å². The summed E-state index contributed by atoms with van der Waals surface area (Å²) in [7, 11) is 0. The van der Waals surface area contributed by atoms with E-state index in [2.05, 4.69) is 17.6 Å². The van der Waals surface area contributed by atoms with Crippen LogP contribution >= 0.6 is 0 Å². The third-order valence-corrected chi connectivity index (χ3v) is 6.18. The van der Waals surface area contributed by atoms with E-state index in [1.807, 2.05) is 6.92 Å².